The number of carbonyl (C=O) groups is 1. The predicted octanol–water partition coefficient (Wildman–Crippen LogP) is 3.64. The van der Waals surface area contributed by atoms with E-state index in [1.165, 1.54) is 6.20 Å². The highest BCUT2D eigenvalue weighted by Crippen LogP contribution is 2.40. The summed E-state index contributed by atoms with van der Waals surface area (Å²) in [6.07, 6.45) is 4.86. The summed E-state index contributed by atoms with van der Waals surface area (Å²) >= 11 is 0. The SMILES string of the molecule is CCN(CCCC(C)O)c1c(C)cc2c(=O)c(C(=O)O)cn(C3CC3)c2c1C. The molecule has 1 unspecified atom stereocenters. The number of benzene rings is 1. The van der Waals surface area contributed by atoms with Gasteiger partial charge in [-0.25, -0.2) is 4.79 Å². The van der Waals surface area contributed by atoms with Crippen molar-refractivity contribution in [3.63, 3.8) is 0 Å². The quantitative estimate of drug-likeness (QED) is 0.724. The van der Waals surface area contributed by atoms with Crippen LogP contribution in [-0.2, 0) is 0 Å². The molecule has 1 aliphatic carbocycles. The Morgan fingerprint density at radius 2 is 2.04 bits per heavy atom. The number of aliphatic hydroxyl groups is 1. The van der Waals surface area contributed by atoms with Crippen LogP contribution >= 0.6 is 0 Å². The summed E-state index contributed by atoms with van der Waals surface area (Å²) in [6, 6.07) is 2.11. The molecule has 0 spiro atoms. The molecular weight excluding hydrogens is 356 g/mol. The van der Waals surface area contributed by atoms with Crippen LogP contribution in [0.4, 0.5) is 5.69 Å². The summed E-state index contributed by atoms with van der Waals surface area (Å²) in [7, 11) is 0. The first-order chi connectivity index (χ1) is 13.3. The molecule has 1 fully saturated rings. The minimum Gasteiger partial charge on any atom is -0.477 e. The Morgan fingerprint density at radius 1 is 1.36 bits per heavy atom. The van der Waals surface area contributed by atoms with Gasteiger partial charge in [0.2, 0.25) is 5.43 Å². The molecule has 6 nitrogen and oxygen atoms in total. The van der Waals surface area contributed by atoms with E-state index in [1.54, 1.807) is 6.92 Å². The number of nitrogens with zero attached hydrogens (tertiary/aromatic N) is 2. The number of pyridine rings is 1. The molecule has 0 saturated heterocycles. The van der Waals surface area contributed by atoms with E-state index in [-0.39, 0.29) is 17.7 Å². The fraction of sp³-hybridized carbons (Fsp3) is 0.545. The Balaban J connectivity index is 2.18. The molecule has 0 radical (unpaired) electrons. The van der Waals surface area contributed by atoms with Gasteiger partial charge in [-0.15, -0.1) is 0 Å². The van der Waals surface area contributed by atoms with E-state index in [0.717, 1.165) is 61.1 Å². The van der Waals surface area contributed by atoms with E-state index in [2.05, 4.69) is 11.8 Å². The van der Waals surface area contributed by atoms with Crippen LogP contribution in [0.5, 0.6) is 0 Å². The van der Waals surface area contributed by atoms with Gasteiger partial charge in [0.1, 0.15) is 5.56 Å². The molecular formula is C22H30N2O4. The maximum absolute atomic E-state index is 12.8. The average Bonchev–Trinajstić information content (AvgIpc) is 3.45. The molecule has 6 heteroatoms. The van der Waals surface area contributed by atoms with E-state index in [0.29, 0.717) is 5.39 Å². The Morgan fingerprint density at radius 3 is 2.57 bits per heavy atom. The fourth-order valence-corrected chi connectivity index (χ4v) is 4.16. The second kappa shape index (κ2) is 7.95. The third-order valence-corrected chi connectivity index (χ3v) is 5.63. The van der Waals surface area contributed by atoms with E-state index < -0.39 is 11.4 Å². The van der Waals surface area contributed by atoms with Gasteiger partial charge in [-0.2, -0.15) is 0 Å². The van der Waals surface area contributed by atoms with Gasteiger partial charge in [0.15, 0.2) is 0 Å². The van der Waals surface area contributed by atoms with Crippen molar-refractivity contribution in [2.45, 2.75) is 65.5 Å². The predicted molar refractivity (Wildman–Crippen MR) is 112 cm³/mol. The maximum atomic E-state index is 12.8. The van der Waals surface area contributed by atoms with Crippen molar-refractivity contribution in [1.29, 1.82) is 0 Å². The van der Waals surface area contributed by atoms with Gasteiger partial charge in [-0.3, -0.25) is 4.79 Å². The van der Waals surface area contributed by atoms with Crippen molar-refractivity contribution < 1.29 is 15.0 Å². The number of hydrogen-bond donors (Lipinski definition) is 2. The second-order valence-electron chi connectivity index (χ2n) is 7.95. The number of aryl methyl sites for hydroxylation is 2. The number of rotatable bonds is 8. The average molecular weight is 386 g/mol. The van der Waals surface area contributed by atoms with Crippen molar-refractivity contribution in [3.8, 4) is 0 Å². The number of anilines is 1. The van der Waals surface area contributed by atoms with E-state index in [1.807, 2.05) is 24.5 Å². The standard InChI is InChI=1S/C22H30N2O4/c1-5-23(10-6-7-14(3)25)19-13(2)11-17-20(15(19)4)24(16-8-9-16)12-18(21(17)26)22(27)28/h11-12,14,16,25H,5-10H2,1-4H3,(H,27,28). The fourth-order valence-electron chi connectivity index (χ4n) is 4.16. The molecule has 1 heterocycles. The van der Waals surface area contributed by atoms with Gasteiger partial charge in [0, 0.05) is 36.4 Å². The molecule has 3 rings (SSSR count). The minimum atomic E-state index is -1.17. The van der Waals surface area contributed by atoms with E-state index in [9.17, 15) is 19.8 Å². The topological polar surface area (TPSA) is 82.8 Å². The van der Waals surface area contributed by atoms with Crippen LogP contribution in [0, 0.1) is 13.8 Å². The van der Waals surface area contributed by atoms with Crippen LogP contribution < -0.4 is 10.3 Å². The van der Waals surface area contributed by atoms with Gasteiger partial charge in [0.05, 0.1) is 11.6 Å². The zero-order valence-electron chi connectivity index (χ0n) is 17.2. The summed E-state index contributed by atoms with van der Waals surface area (Å²) in [5, 5.41) is 19.5. The molecule has 1 aromatic carbocycles. The lowest BCUT2D eigenvalue weighted by atomic mass is 10.00. The minimum absolute atomic E-state index is 0.157. The number of aromatic carboxylic acids is 1. The van der Waals surface area contributed by atoms with Crippen molar-refractivity contribution in [2.75, 3.05) is 18.0 Å². The third kappa shape index (κ3) is 3.78. The normalized spacial score (nSPS) is 15.0. The lowest BCUT2D eigenvalue weighted by molar-refractivity contribution is 0.0695. The third-order valence-electron chi connectivity index (χ3n) is 5.63. The lowest BCUT2D eigenvalue weighted by Crippen LogP contribution is -2.27. The Labute approximate surface area is 165 Å². The van der Waals surface area contributed by atoms with Crippen LogP contribution in [0.25, 0.3) is 10.9 Å². The molecule has 2 N–H and O–H groups in total. The first-order valence-corrected chi connectivity index (χ1v) is 10.1. The van der Waals surface area contributed by atoms with Crippen molar-refractivity contribution in [3.05, 3.63) is 39.2 Å². The van der Waals surface area contributed by atoms with Crippen molar-refractivity contribution >= 4 is 22.6 Å². The molecule has 1 aromatic heterocycles. The summed E-state index contributed by atoms with van der Waals surface area (Å²) in [6.45, 7) is 9.57. The summed E-state index contributed by atoms with van der Waals surface area (Å²) in [4.78, 5) is 26.7. The number of fused-ring (bicyclic) bond motifs is 1. The van der Waals surface area contributed by atoms with E-state index in [4.69, 9.17) is 0 Å². The number of carboxylic acids is 1. The molecule has 0 amide bonds. The maximum Gasteiger partial charge on any atom is 0.341 e. The van der Waals surface area contributed by atoms with Gasteiger partial charge in [-0.05, 0) is 70.6 Å². The van der Waals surface area contributed by atoms with Crippen LogP contribution in [0.15, 0.2) is 17.1 Å². The van der Waals surface area contributed by atoms with Crippen LogP contribution in [0.3, 0.4) is 0 Å². The summed E-state index contributed by atoms with van der Waals surface area (Å²) < 4.78 is 2.00. The van der Waals surface area contributed by atoms with Crippen molar-refractivity contribution in [1.82, 2.24) is 4.57 Å². The Kier molecular flexibility index (Phi) is 5.79. The number of carboxylic acid groups (broad SMARTS) is 1. The molecule has 1 saturated carbocycles. The second-order valence-corrected chi connectivity index (χ2v) is 7.95. The number of aromatic nitrogens is 1. The monoisotopic (exact) mass is 386 g/mol. The van der Waals surface area contributed by atoms with Crippen molar-refractivity contribution in [2.24, 2.45) is 0 Å². The molecule has 0 aliphatic heterocycles. The Bertz CT molecular complexity index is 957. The summed E-state index contributed by atoms with van der Waals surface area (Å²) in [5.74, 6) is -1.17. The van der Waals surface area contributed by atoms with Gasteiger partial charge >= 0.3 is 5.97 Å². The first kappa shape index (κ1) is 20.4. The number of hydrogen-bond acceptors (Lipinski definition) is 4. The number of aliphatic hydroxyl groups excluding tert-OH is 1. The largest absolute Gasteiger partial charge is 0.477 e. The smallest absolute Gasteiger partial charge is 0.341 e. The van der Waals surface area contributed by atoms with E-state index >= 15 is 0 Å². The molecule has 0 bridgehead atoms. The first-order valence-electron chi connectivity index (χ1n) is 10.1. The van der Waals surface area contributed by atoms with Gasteiger partial charge < -0.3 is 19.7 Å². The van der Waals surface area contributed by atoms with Crippen LogP contribution in [0.2, 0.25) is 0 Å². The molecule has 28 heavy (non-hydrogen) atoms. The Hall–Kier alpha value is -2.34. The highest BCUT2D eigenvalue weighted by Gasteiger charge is 2.28. The van der Waals surface area contributed by atoms with Crippen LogP contribution in [-0.4, -0.2) is 39.9 Å². The van der Waals surface area contributed by atoms with Gasteiger partial charge in [0.25, 0.3) is 0 Å². The zero-order chi connectivity index (χ0) is 20.6. The zero-order valence-corrected chi connectivity index (χ0v) is 17.2. The van der Waals surface area contributed by atoms with Crippen LogP contribution in [0.1, 0.15) is 67.1 Å². The summed E-state index contributed by atoms with van der Waals surface area (Å²) in [5.41, 5.74) is 3.40. The highest BCUT2D eigenvalue weighted by molar-refractivity contribution is 5.95. The molecule has 152 valence electrons. The molecule has 1 aliphatic rings. The highest BCUT2D eigenvalue weighted by atomic mass is 16.4. The molecule has 1 atom stereocenters. The molecule has 2 aromatic rings. The van der Waals surface area contributed by atoms with Gasteiger partial charge in [-0.1, -0.05) is 0 Å². The lowest BCUT2D eigenvalue weighted by Gasteiger charge is -2.29.